The summed E-state index contributed by atoms with van der Waals surface area (Å²) in [5.41, 5.74) is 1.31. The van der Waals surface area contributed by atoms with E-state index in [0.29, 0.717) is 6.10 Å². The van der Waals surface area contributed by atoms with Crippen LogP contribution in [0, 0.1) is 12.8 Å². The SMILES string of the molecule is Cc1ncc(CN2CCOC(CC3CCCCC3)C2)n1C. The normalized spacial score (nSPS) is 25.3. The number of hydrogen-bond donors (Lipinski definition) is 0. The van der Waals surface area contributed by atoms with E-state index in [1.54, 1.807) is 0 Å². The molecular weight excluding hydrogens is 262 g/mol. The molecule has 4 heteroatoms. The third-order valence-corrected chi connectivity index (χ3v) is 5.25. The highest BCUT2D eigenvalue weighted by Crippen LogP contribution is 2.29. The third kappa shape index (κ3) is 3.86. The van der Waals surface area contributed by atoms with E-state index >= 15 is 0 Å². The highest BCUT2D eigenvalue weighted by molar-refractivity contribution is 5.03. The molecule has 21 heavy (non-hydrogen) atoms. The monoisotopic (exact) mass is 291 g/mol. The van der Waals surface area contributed by atoms with E-state index in [1.165, 1.54) is 44.2 Å². The molecule has 0 aromatic carbocycles. The van der Waals surface area contributed by atoms with Gasteiger partial charge in [0, 0.05) is 32.9 Å². The van der Waals surface area contributed by atoms with Gasteiger partial charge in [-0.3, -0.25) is 4.90 Å². The summed E-state index contributed by atoms with van der Waals surface area (Å²) in [6.07, 6.45) is 10.8. The quantitative estimate of drug-likeness (QED) is 0.854. The molecule has 1 aromatic rings. The van der Waals surface area contributed by atoms with Crippen LogP contribution in [0.1, 0.15) is 50.0 Å². The molecule has 0 N–H and O–H groups in total. The molecule has 118 valence electrons. The van der Waals surface area contributed by atoms with E-state index in [1.807, 2.05) is 6.20 Å². The van der Waals surface area contributed by atoms with Gasteiger partial charge in [-0.2, -0.15) is 0 Å². The first-order valence-electron chi connectivity index (χ1n) is 8.53. The van der Waals surface area contributed by atoms with Gasteiger partial charge in [0.1, 0.15) is 5.82 Å². The fraction of sp³-hybridized carbons (Fsp3) is 0.824. The molecule has 1 saturated carbocycles. The first-order valence-corrected chi connectivity index (χ1v) is 8.53. The van der Waals surface area contributed by atoms with Crippen LogP contribution in [0.3, 0.4) is 0 Å². The maximum absolute atomic E-state index is 6.02. The highest BCUT2D eigenvalue weighted by Gasteiger charge is 2.25. The first kappa shape index (κ1) is 15.0. The van der Waals surface area contributed by atoms with Crippen molar-refractivity contribution in [3.63, 3.8) is 0 Å². The minimum Gasteiger partial charge on any atom is -0.376 e. The van der Waals surface area contributed by atoms with E-state index in [4.69, 9.17) is 4.74 Å². The van der Waals surface area contributed by atoms with Crippen LogP contribution >= 0.6 is 0 Å². The maximum atomic E-state index is 6.02. The van der Waals surface area contributed by atoms with Crippen LogP contribution in [-0.2, 0) is 18.3 Å². The minimum atomic E-state index is 0.441. The summed E-state index contributed by atoms with van der Waals surface area (Å²) in [6.45, 7) is 6.08. The Hall–Kier alpha value is -0.870. The van der Waals surface area contributed by atoms with Gasteiger partial charge < -0.3 is 9.30 Å². The third-order valence-electron chi connectivity index (χ3n) is 5.25. The molecule has 0 amide bonds. The number of rotatable bonds is 4. The number of ether oxygens (including phenoxy) is 1. The fourth-order valence-electron chi connectivity index (χ4n) is 3.79. The number of morpholine rings is 1. The average Bonchev–Trinajstić information content (AvgIpc) is 2.81. The minimum absolute atomic E-state index is 0.441. The van der Waals surface area contributed by atoms with Gasteiger partial charge in [0.25, 0.3) is 0 Å². The predicted octanol–water partition coefficient (Wildman–Crippen LogP) is 2.90. The Labute approximate surface area is 128 Å². The smallest absolute Gasteiger partial charge is 0.105 e. The first-order chi connectivity index (χ1) is 10.2. The van der Waals surface area contributed by atoms with Crippen LogP contribution in [0.2, 0.25) is 0 Å². The Morgan fingerprint density at radius 3 is 2.81 bits per heavy atom. The van der Waals surface area contributed by atoms with Crippen LogP contribution in [-0.4, -0.2) is 40.3 Å². The van der Waals surface area contributed by atoms with Gasteiger partial charge in [-0.15, -0.1) is 0 Å². The van der Waals surface area contributed by atoms with Crippen molar-refractivity contribution >= 4 is 0 Å². The van der Waals surface area contributed by atoms with Crippen molar-refractivity contribution in [1.82, 2.24) is 14.5 Å². The second-order valence-corrected chi connectivity index (χ2v) is 6.82. The largest absolute Gasteiger partial charge is 0.376 e. The summed E-state index contributed by atoms with van der Waals surface area (Å²) in [5.74, 6) is 2.00. The lowest BCUT2D eigenvalue weighted by Gasteiger charge is -2.35. The van der Waals surface area contributed by atoms with E-state index in [-0.39, 0.29) is 0 Å². The molecule has 1 aliphatic heterocycles. The standard InChI is InChI=1S/C17H29N3O/c1-14-18-11-16(19(14)2)12-20-8-9-21-17(13-20)10-15-6-4-3-5-7-15/h11,15,17H,3-10,12-13H2,1-2H3. The molecule has 1 aromatic heterocycles. The lowest BCUT2D eigenvalue weighted by Crippen LogP contribution is -2.43. The lowest BCUT2D eigenvalue weighted by atomic mass is 9.85. The molecule has 1 atom stereocenters. The van der Waals surface area contributed by atoms with Gasteiger partial charge in [-0.1, -0.05) is 32.1 Å². The van der Waals surface area contributed by atoms with Crippen molar-refractivity contribution in [2.24, 2.45) is 13.0 Å². The molecule has 2 fully saturated rings. The molecule has 1 saturated heterocycles. The molecule has 2 heterocycles. The molecule has 3 rings (SSSR count). The van der Waals surface area contributed by atoms with Crippen molar-refractivity contribution in [2.45, 2.75) is 58.1 Å². The van der Waals surface area contributed by atoms with Gasteiger partial charge >= 0.3 is 0 Å². The fourth-order valence-corrected chi connectivity index (χ4v) is 3.79. The van der Waals surface area contributed by atoms with Crippen molar-refractivity contribution in [2.75, 3.05) is 19.7 Å². The van der Waals surface area contributed by atoms with Gasteiger partial charge in [0.15, 0.2) is 0 Å². The topological polar surface area (TPSA) is 30.3 Å². The van der Waals surface area contributed by atoms with Gasteiger partial charge in [-0.05, 0) is 19.3 Å². The average molecular weight is 291 g/mol. The molecule has 4 nitrogen and oxygen atoms in total. The van der Waals surface area contributed by atoms with Crippen LogP contribution in [0.25, 0.3) is 0 Å². The highest BCUT2D eigenvalue weighted by atomic mass is 16.5. The van der Waals surface area contributed by atoms with Crippen LogP contribution < -0.4 is 0 Å². The molecule has 1 aliphatic carbocycles. The van der Waals surface area contributed by atoms with Gasteiger partial charge in [0.05, 0.1) is 18.4 Å². The molecule has 0 bridgehead atoms. The maximum Gasteiger partial charge on any atom is 0.105 e. The summed E-state index contributed by atoms with van der Waals surface area (Å²) >= 11 is 0. The van der Waals surface area contributed by atoms with Gasteiger partial charge in [-0.25, -0.2) is 4.98 Å². The Morgan fingerprint density at radius 2 is 2.10 bits per heavy atom. The van der Waals surface area contributed by atoms with Crippen LogP contribution in [0.15, 0.2) is 6.20 Å². The van der Waals surface area contributed by atoms with Crippen molar-refractivity contribution in [1.29, 1.82) is 0 Å². The second kappa shape index (κ2) is 6.93. The van der Waals surface area contributed by atoms with Crippen molar-refractivity contribution < 1.29 is 4.74 Å². The van der Waals surface area contributed by atoms with E-state index in [9.17, 15) is 0 Å². The molecule has 2 aliphatic rings. The lowest BCUT2D eigenvalue weighted by molar-refractivity contribution is -0.0444. The Balaban J connectivity index is 1.51. The second-order valence-electron chi connectivity index (χ2n) is 6.82. The Morgan fingerprint density at radius 1 is 1.29 bits per heavy atom. The summed E-state index contributed by atoms with van der Waals surface area (Å²) in [6, 6.07) is 0. The predicted molar refractivity (Wildman–Crippen MR) is 84.2 cm³/mol. The Kier molecular flexibility index (Phi) is 4.96. The van der Waals surface area contributed by atoms with E-state index in [2.05, 4.69) is 28.4 Å². The molecule has 1 unspecified atom stereocenters. The van der Waals surface area contributed by atoms with Crippen molar-refractivity contribution in [3.8, 4) is 0 Å². The molecular formula is C17H29N3O. The van der Waals surface area contributed by atoms with Crippen LogP contribution in [0.5, 0.6) is 0 Å². The zero-order valence-corrected chi connectivity index (χ0v) is 13.6. The van der Waals surface area contributed by atoms with Gasteiger partial charge in [0.2, 0.25) is 0 Å². The Bertz CT molecular complexity index is 451. The molecule has 0 radical (unpaired) electrons. The summed E-state index contributed by atoms with van der Waals surface area (Å²) < 4.78 is 8.22. The summed E-state index contributed by atoms with van der Waals surface area (Å²) in [7, 11) is 2.11. The zero-order chi connectivity index (χ0) is 14.7. The number of aryl methyl sites for hydroxylation is 1. The van der Waals surface area contributed by atoms with E-state index in [0.717, 1.165) is 38.0 Å². The number of aromatic nitrogens is 2. The summed E-state index contributed by atoms with van der Waals surface area (Å²) in [5, 5.41) is 0. The number of hydrogen-bond acceptors (Lipinski definition) is 3. The van der Waals surface area contributed by atoms with Crippen LogP contribution in [0.4, 0.5) is 0 Å². The number of nitrogens with zero attached hydrogens (tertiary/aromatic N) is 3. The van der Waals surface area contributed by atoms with Crippen molar-refractivity contribution in [3.05, 3.63) is 17.7 Å². The van der Waals surface area contributed by atoms with E-state index < -0.39 is 0 Å². The zero-order valence-electron chi connectivity index (χ0n) is 13.6. The number of imidazole rings is 1. The molecule has 0 spiro atoms. The summed E-state index contributed by atoms with van der Waals surface area (Å²) in [4.78, 5) is 6.93.